The molecule has 194 valence electrons. The normalized spacial score (nSPS) is 15.8. The van der Waals surface area contributed by atoms with Crippen molar-refractivity contribution in [2.75, 3.05) is 38.2 Å². The second kappa shape index (κ2) is 9.63. The minimum Gasteiger partial charge on any atom is -0.495 e. The molecule has 1 atom stereocenters. The number of nitrogens with one attached hydrogen (secondary N) is 1. The minimum atomic E-state index is -0.386. The van der Waals surface area contributed by atoms with Crippen molar-refractivity contribution in [1.82, 2.24) is 30.1 Å². The zero-order chi connectivity index (χ0) is 26.3. The van der Waals surface area contributed by atoms with E-state index in [0.29, 0.717) is 11.4 Å². The second-order valence-electron chi connectivity index (χ2n) is 10.8. The summed E-state index contributed by atoms with van der Waals surface area (Å²) in [6.07, 6.45) is 0. The van der Waals surface area contributed by atoms with E-state index < -0.39 is 0 Å². The first-order chi connectivity index (χ1) is 17.7. The van der Waals surface area contributed by atoms with Gasteiger partial charge in [-0.05, 0) is 80.3 Å². The Hall–Kier alpha value is -3.72. The van der Waals surface area contributed by atoms with Gasteiger partial charge in [0.2, 0.25) is 0 Å². The molecule has 0 saturated carbocycles. The Kier molecular flexibility index (Phi) is 6.49. The van der Waals surface area contributed by atoms with Gasteiger partial charge in [0.1, 0.15) is 11.8 Å². The SMILES string of the molecule is COc1ccccc1N1CCN([C@@H](c2cc3cc(C)cc(C)c3[nH]c2=O)c2nnnn2C(C)(C)C)CC1. The molecule has 3 heterocycles. The van der Waals surface area contributed by atoms with Crippen molar-refractivity contribution < 1.29 is 4.74 Å². The summed E-state index contributed by atoms with van der Waals surface area (Å²) in [6, 6.07) is 13.9. The average Bonchev–Trinajstić information content (AvgIpc) is 3.36. The van der Waals surface area contributed by atoms with Crippen molar-refractivity contribution in [2.24, 2.45) is 0 Å². The van der Waals surface area contributed by atoms with Gasteiger partial charge in [-0.1, -0.05) is 23.8 Å². The number of nitrogens with zero attached hydrogens (tertiary/aromatic N) is 6. The van der Waals surface area contributed by atoms with Crippen LogP contribution in [0.2, 0.25) is 0 Å². The first-order valence-electron chi connectivity index (χ1n) is 12.7. The summed E-state index contributed by atoms with van der Waals surface area (Å²) in [5.41, 5.74) is 4.37. The van der Waals surface area contributed by atoms with Crippen LogP contribution in [0.5, 0.6) is 5.75 Å². The number of hydrogen-bond donors (Lipinski definition) is 1. The molecule has 0 radical (unpaired) electrons. The molecule has 0 unspecified atom stereocenters. The Morgan fingerprint density at radius 3 is 2.46 bits per heavy atom. The van der Waals surface area contributed by atoms with E-state index in [1.165, 1.54) is 0 Å². The van der Waals surface area contributed by atoms with E-state index in [1.807, 2.05) is 35.9 Å². The number of aromatic amines is 1. The Balaban J connectivity index is 1.57. The molecule has 9 nitrogen and oxygen atoms in total. The van der Waals surface area contributed by atoms with E-state index in [2.05, 4.69) is 76.2 Å². The van der Waals surface area contributed by atoms with E-state index in [-0.39, 0.29) is 17.1 Å². The second-order valence-corrected chi connectivity index (χ2v) is 10.8. The molecule has 9 heteroatoms. The van der Waals surface area contributed by atoms with Gasteiger partial charge in [0, 0.05) is 31.7 Å². The van der Waals surface area contributed by atoms with E-state index in [9.17, 15) is 4.79 Å². The highest BCUT2D eigenvalue weighted by Crippen LogP contribution is 2.33. The Labute approximate surface area is 217 Å². The molecule has 37 heavy (non-hydrogen) atoms. The lowest BCUT2D eigenvalue weighted by atomic mass is 9.99. The van der Waals surface area contributed by atoms with Crippen LogP contribution >= 0.6 is 0 Å². The number of ether oxygens (including phenoxy) is 1. The highest BCUT2D eigenvalue weighted by Gasteiger charge is 2.35. The number of H-pyrrole nitrogens is 1. The standard InChI is InChI=1S/C28H35N7O2/c1-18-15-19(2)24-20(16-18)17-21(27(36)29-24)25(26-30-31-32-35(26)28(3,4)5)34-13-11-33(12-14-34)22-9-7-8-10-23(22)37-6/h7-10,15-17,25H,11-14H2,1-6H3,(H,29,36)/t25-/m0/s1. The summed E-state index contributed by atoms with van der Waals surface area (Å²) in [6.45, 7) is 13.4. The van der Waals surface area contributed by atoms with Gasteiger partial charge in [-0.25, -0.2) is 4.68 Å². The number of piperazine rings is 1. The highest BCUT2D eigenvalue weighted by atomic mass is 16.5. The van der Waals surface area contributed by atoms with Crippen LogP contribution in [0, 0.1) is 13.8 Å². The number of rotatable bonds is 5. The molecule has 2 aromatic carbocycles. The van der Waals surface area contributed by atoms with Gasteiger partial charge in [-0.15, -0.1) is 5.10 Å². The molecule has 2 aromatic heterocycles. The molecule has 0 spiro atoms. The minimum absolute atomic E-state index is 0.111. The third kappa shape index (κ3) is 4.71. The van der Waals surface area contributed by atoms with Crippen molar-refractivity contribution in [3.63, 3.8) is 0 Å². The zero-order valence-electron chi connectivity index (χ0n) is 22.4. The van der Waals surface area contributed by atoms with E-state index >= 15 is 0 Å². The number of anilines is 1. The fourth-order valence-electron chi connectivity index (χ4n) is 5.36. The van der Waals surface area contributed by atoms with Crippen LogP contribution < -0.4 is 15.2 Å². The van der Waals surface area contributed by atoms with Crippen LogP contribution in [0.3, 0.4) is 0 Å². The summed E-state index contributed by atoms with van der Waals surface area (Å²) in [4.78, 5) is 21.4. The summed E-state index contributed by atoms with van der Waals surface area (Å²) in [7, 11) is 1.70. The quantitative estimate of drug-likeness (QED) is 0.445. The maximum absolute atomic E-state index is 13.6. The summed E-state index contributed by atoms with van der Waals surface area (Å²) in [5.74, 6) is 1.54. The lowest BCUT2D eigenvalue weighted by Crippen LogP contribution is -2.49. The monoisotopic (exact) mass is 501 g/mol. The maximum atomic E-state index is 13.6. The van der Waals surface area contributed by atoms with Crippen LogP contribution in [0.15, 0.2) is 47.3 Å². The Bertz CT molecular complexity index is 1480. The number of benzene rings is 2. The molecule has 0 amide bonds. The topological polar surface area (TPSA) is 92.2 Å². The number of tetrazole rings is 1. The summed E-state index contributed by atoms with van der Waals surface area (Å²) < 4.78 is 7.44. The predicted molar refractivity (Wildman–Crippen MR) is 145 cm³/mol. The predicted octanol–water partition coefficient (Wildman–Crippen LogP) is 3.81. The lowest BCUT2D eigenvalue weighted by molar-refractivity contribution is 0.190. The van der Waals surface area contributed by atoms with Crippen LogP contribution in [0.1, 0.15) is 49.3 Å². The third-order valence-corrected chi connectivity index (χ3v) is 7.10. The van der Waals surface area contributed by atoms with Gasteiger partial charge in [-0.2, -0.15) is 0 Å². The number of aromatic nitrogens is 5. The number of pyridine rings is 1. The molecular formula is C28H35N7O2. The summed E-state index contributed by atoms with van der Waals surface area (Å²) >= 11 is 0. The van der Waals surface area contributed by atoms with Crippen LogP contribution in [-0.2, 0) is 5.54 Å². The van der Waals surface area contributed by atoms with Crippen molar-refractivity contribution in [1.29, 1.82) is 0 Å². The van der Waals surface area contributed by atoms with Gasteiger partial charge in [0.25, 0.3) is 5.56 Å². The smallest absolute Gasteiger partial charge is 0.253 e. The number of aryl methyl sites for hydroxylation is 2. The van der Waals surface area contributed by atoms with E-state index in [4.69, 9.17) is 4.74 Å². The van der Waals surface area contributed by atoms with Crippen molar-refractivity contribution in [2.45, 2.75) is 46.2 Å². The molecule has 1 fully saturated rings. The lowest BCUT2D eigenvalue weighted by Gasteiger charge is -2.40. The van der Waals surface area contributed by atoms with Crippen LogP contribution in [0.4, 0.5) is 5.69 Å². The Morgan fingerprint density at radius 1 is 1.03 bits per heavy atom. The fraction of sp³-hybridized carbons (Fsp3) is 0.429. The number of methoxy groups -OCH3 is 1. The van der Waals surface area contributed by atoms with Crippen LogP contribution in [-0.4, -0.2) is 63.4 Å². The Morgan fingerprint density at radius 2 is 1.76 bits per heavy atom. The van der Waals surface area contributed by atoms with Crippen molar-refractivity contribution in [3.8, 4) is 5.75 Å². The van der Waals surface area contributed by atoms with E-state index in [1.54, 1.807) is 7.11 Å². The summed E-state index contributed by atoms with van der Waals surface area (Å²) in [5, 5.41) is 13.8. The first-order valence-corrected chi connectivity index (χ1v) is 12.7. The van der Waals surface area contributed by atoms with Gasteiger partial charge in [-0.3, -0.25) is 9.69 Å². The molecule has 1 aliphatic rings. The molecule has 0 aliphatic carbocycles. The average molecular weight is 502 g/mol. The molecule has 0 bridgehead atoms. The molecule has 1 saturated heterocycles. The van der Waals surface area contributed by atoms with Crippen molar-refractivity contribution >= 4 is 16.6 Å². The highest BCUT2D eigenvalue weighted by molar-refractivity contribution is 5.83. The number of fused-ring (bicyclic) bond motifs is 1. The molecule has 1 N–H and O–H groups in total. The van der Waals surface area contributed by atoms with Gasteiger partial charge in [0.15, 0.2) is 5.82 Å². The van der Waals surface area contributed by atoms with Gasteiger partial charge in [0.05, 0.1) is 23.9 Å². The zero-order valence-corrected chi connectivity index (χ0v) is 22.4. The van der Waals surface area contributed by atoms with Gasteiger partial charge < -0.3 is 14.6 Å². The molecule has 5 rings (SSSR count). The largest absolute Gasteiger partial charge is 0.495 e. The first kappa shape index (κ1) is 25.0. The fourth-order valence-corrected chi connectivity index (χ4v) is 5.36. The number of hydrogen-bond acceptors (Lipinski definition) is 7. The molecular weight excluding hydrogens is 466 g/mol. The maximum Gasteiger partial charge on any atom is 0.253 e. The van der Waals surface area contributed by atoms with E-state index in [0.717, 1.165) is 59.6 Å². The van der Waals surface area contributed by atoms with Crippen LogP contribution in [0.25, 0.3) is 10.9 Å². The number of para-hydroxylation sites is 2. The molecule has 1 aliphatic heterocycles. The molecule has 4 aromatic rings. The van der Waals surface area contributed by atoms with Crippen molar-refractivity contribution in [3.05, 3.63) is 75.3 Å². The van der Waals surface area contributed by atoms with Gasteiger partial charge >= 0.3 is 0 Å². The third-order valence-electron chi connectivity index (χ3n) is 7.10.